The first-order chi connectivity index (χ1) is 31.3. The molecule has 0 radical (unpaired) electrons. The molecule has 0 saturated heterocycles. The molecule has 2 nitrogen and oxygen atoms in total. The zero-order valence-electron chi connectivity index (χ0n) is 34.5. The SMILES string of the molecule is c1ccc(-c2ccc(N(c3ccc4c(c3)C(c3ccccc3)(c3ccccc3)c3ccccc3-4)c3ccc4oc5ccccc5c4c3-c3cccc(-c4ccccc4)c3)cc2)cc1. The number of anilines is 3. The van der Waals surface area contributed by atoms with Crippen LogP contribution in [0.5, 0.6) is 0 Å². The summed E-state index contributed by atoms with van der Waals surface area (Å²) in [5, 5.41) is 2.18. The zero-order valence-corrected chi connectivity index (χ0v) is 34.5. The first-order valence-electron chi connectivity index (χ1n) is 21.7. The molecule has 11 aromatic rings. The first-order valence-corrected chi connectivity index (χ1v) is 21.7. The Morgan fingerprint density at radius 2 is 0.873 bits per heavy atom. The van der Waals surface area contributed by atoms with Gasteiger partial charge < -0.3 is 9.32 Å². The monoisotopic (exact) mass is 803 g/mol. The van der Waals surface area contributed by atoms with Crippen LogP contribution in [0.3, 0.4) is 0 Å². The van der Waals surface area contributed by atoms with Crippen molar-refractivity contribution in [2.24, 2.45) is 0 Å². The Morgan fingerprint density at radius 1 is 0.333 bits per heavy atom. The van der Waals surface area contributed by atoms with E-state index in [0.717, 1.165) is 55.7 Å². The molecule has 0 spiro atoms. The molecule has 1 aliphatic carbocycles. The molecule has 0 aliphatic heterocycles. The minimum Gasteiger partial charge on any atom is -0.456 e. The second-order valence-corrected chi connectivity index (χ2v) is 16.4. The van der Waals surface area contributed by atoms with Crippen molar-refractivity contribution >= 4 is 39.0 Å². The van der Waals surface area contributed by atoms with E-state index in [4.69, 9.17) is 4.42 Å². The molecule has 63 heavy (non-hydrogen) atoms. The summed E-state index contributed by atoms with van der Waals surface area (Å²) in [5.74, 6) is 0. The summed E-state index contributed by atoms with van der Waals surface area (Å²) in [4.78, 5) is 2.46. The largest absolute Gasteiger partial charge is 0.456 e. The number of nitrogens with zero attached hydrogens (tertiary/aromatic N) is 1. The second-order valence-electron chi connectivity index (χ2n) is 16.4. The van der Waals surface area contributed by atoms with E-state index in [0.29, 0.717) is 0 Å². The fraction of sp³-hybridized carbons (Fsp3) is 0.0164. The number of benzene rings is 10. The Balaban J connectivity index is 1.16. The number of furan rings is 1. The fourth-order valence-corrected chi connectivity index (χ4v) is 10.2. The van der Waals surface area contributed by atoms with Crippen molar-refractivity contribution in [3.05, 3.63) is 271 Å². The Morgan fingerprint density at radius 3 is 1.59 bits per heavy atom. The Labute approximate surface area is 367 Å². The molecular weight excluding hydrogens is 763 g/mol. The summed E-state index contributed by atoms with van der Waals surface area (Å²) < 4.78 is 6.64. The van der Waals surface area contributed by atoms with E-state index in [9.17, 15) is 0 Å². The van der Waals surface area contributed by atoms with Crippen molar-refractivity contribution in [2.75, 3.05) is 4.90 Å². The molecule has 0 fully saturated rings. The number of para-hydroxylation sites is 1. The molecule has 0 atom stereocenters. The standard InChI is InChI=1S/C61H41NO/c1-5-18-42(19-6-1)44-32-34-49(35-33-44)62(50-36-37-52-51-28-13-15-30-54(51)61(55(52)41-50,47-24-9-3-10-25-47)48-26-11-4-12-27-48)56-38-39-58-60(53-29-14-16-31-57(53)63-58)59(56)46-23-17-22-45(40-46)43-20-7-2-8-21-43/h1-41H. The third kappa shape index (κ3) is 5.95. The smallest absolute Gasteiger partial charge is 0.136 e. The minimum atomic E-state index is -0.551. The molecule has 1 heterocycles. The molecular formula is C61H41NO. The highest BCUT2D eigenvalue weighted by Crippen LogP contribution is 2.58. The van der Waals surface area contributed by atoms with E-state index in [-0.39, 0.29) is 0 Å². The van der Waals surface area contributed by atoms with Gasteiger partial charge in [0.25, 0.3) is 0 Å². The maximum atomic E-state index is 6.64. The molecule has 0 unspecified atom stereocenters. The van der Waals surface area contributed by atoms with Gasteiger partial charge in [-0.3, -0.25) is 0 Å². The molecule has 0 saturated carbocycles. The van der Waals surface area contributed by atoms with Crippen LogP contribution in [-0.4, -0.2) is 0 Å². The van der Waals surface area contributed by atoms with Crippen LogP contribution in [0.15, 0.2) is 253 Å². The predicted octanol–water partition coefficient (Wildman–Crippen LogP) is 16.4. The van der Waals surface area contributed by atoms with Crippen molar-refractivity contribution < 1.29 is 4.42 Å². The van der Waals surface area contributed by atoms with Crippen LogP contribution in [0.2, 0.25) is 0 Å². The van der Waals surface area contributed by atoms with E-state index < -0.39 is 5.41 Å². The lowest BCUT2D eigenvalue weighted by molar-refractivity contribution is 0.669. The maximum Gasteiger partial charge on any atom is 0.136 e. The van der Waals surface area contributed by atoms with Gasteiger partial charge in [0.15, 0.2) is 0 Å². The molecule has 1 aliphatic rings. The van der Waals surface area contributed by atoms with E-state index in [2.05, 4.69) is 254 Å². The van der Waals surface area contributed by atoms with Gasteiger partial charge in [-0.05, 0) is 110 Å². The molecule has 0 bridgehead atoms. The van der Waals surface area contributed by atoms with Gasteiger partial charge in [0.2, 0.25) is 0 Å². The lowest BCUT2D eigenvalue weighted by Gasteiger charge is -2.35. The van der Waals surface area contributed by atoms with Crippen molar-refractivity contribution in [1.82, 2.24) is 0 Å². The van der Waals surface area contributed by atoms with Crippen LogP contribution in [0.4, 0.5) is 17.1 Å². The normalized spacial score (nSPS) is 12.6. The maximum absolute atomic E-state index is 6.64. The predicted molar refractivity (Wildman–Crippen MR) is 262 cm³/mol. The van der Waals surface area contributed by atoms with E-state index in [1.54, 1.807) is 0 Å². The highest BCUT2D eigenvalue weighted by molar-refractivity contribution is 6.16. The van der Waals surface area contributed by atoms with Crippen molar-refractivity contribution in [3.63, 3.8) is 0 Å². The molecule has 0 N–H and O–H groups in total. The van der Waals surface area contributed by atoms with Crippen LogP contribution in [-0.2, 0) is 5.41 Å². The summed E-state index contributed by atoms with van der Waals surface area (Å²) in [6.07, 6.45) is 0. The zero-order chi connectivity index (χ0) is 41.7. The van der Waals surface area contributed by atoms with Gasteiger partial charge in [-0.15, -0.1) is 0 Å². The lowest BCUT2D eigenvalue weighted by atomic mass is 9.67. The van der Waals surface area contributed by atoms with Gasteiger partial charge in [0.1, 0.15) is 11.2 Å². The average molecular weight is 804 g/mol. The van der Waals surface area contributed by atoms with Crippen LogP contribution in [0.1, 0.15) is 22.3 Å². The second kappa shape index (κ2) is 15.1. The summed E-state index contributed by atoms with van der Waals surface area (Å²) in [6.45, 7) is 0. The van der Waals surface area contributed by atoms with Gasteiger partial charge in [-0.2, -0.15) is 0 Å². The molecule has 1 aromatic heterocycles. The fourth-order valence-electron chi connectivity index (χ4n) is 10.2. The van der Waals surface area contributed by atoms with Gasteiger partial charge in [0, 0.05) is 27.7 Å². The third-order valence-electron chi connectivity index (χ3n) is 13.0. The molecule has 0 amide bonds. The summed E-state index contributed by atoms with van der Waals surface area (Å²) in [5.41, 5.74) is 18.8. The Kier molecular flexibility index (Phi) is 8.76. The van der Waals surface area contributed by atoms with Crippen LogP contribution >= 0.6 is 0 Å². The number of hydrogen-bond acceptors (Lipinski definition) is 2. The van der Waals surface area contributed by atoms with Gasteiger partial charge in [0.05, 0.1) is 11.1 Å². The summed E-state index contributed by atoms with van der Waals surface area (Å²) in [7, 11) is 0. The summed E-state index contributed by atoms with van der Waals surface area (Å²) >= 11 is 0. The van der Waals surface area contributed by atoms with E-state index in [1.807, 2.05) is 0 Å². The number of fused-ring (bicyclic) bond motifs is 6. The summed E-state index contributed by atoms with van der Waals surface area (Å²) in [6, 6.07) is 90.3. The lowest BCUT2D eigenvalue weighted by Crippen LogP contribution is -2.28. The Hall–Kier alpha value is -8.20. The topological polar surface area (TPSA) is 16.4 Å². The van der Waals surface area contributed by atoms with Gasteiger partial charge in [-0.25, -0.2) is 0 Å². The van der Waals surface area contributed by atoms with Crippen LogP contribution in [0, 0.1) is 0 Å². The molecule has 296 valence electrons. The average Bonchev–Trinajstić information content (AvgIpc) is 3.89. The van der Waals surface area contributed by atoms with Crippen molar-refractivity contribution in [1.29, 1.82) is 0 Å². The van der Waals surface area contributed by atoms with Gasteiger partial charge >= 0.3 is 0 Å². The quantitative estimate of drug-likeness (QED) is 0.152. The Bertz CT molecular complexity index is 3390. The third-order valence-corrected chi connectivity index (χ3v) is 13.0. The van der Waals surface area contributed by atoms with Gasteiger partial charge in [-0.1, -0.05) is 200 Å². The van der Waals surface area contributed by atoms with Crippen LogP contribution < -0.4 is 4.90 Å². The van der Waals surface area contributed by atoms with Crippen LogP contribution in [0.25, 0.3) is 66.4 Å². The van der Waals surface area contributed by atoms with E-state index in [1.165, 1.54) is 50.1 Å². The highest BCUT2D eigenvalue weighted by Gasteiger charge is 2.46. The first kappa shape index (κ1) is 36.6. The highest BCUT2D eigenvalue weighted by atomic mass is 16.3. The van der Waals surface area contributed by atoms with Crippen molar-refractivity contribution in [2.45, 2.75) is 5.41 Å². The van der Waals surface area contributed by atoms with Crippen molar-refractivity contribution in [3.8, 4) is 44.5 Å². The van der Waals surface area contributed by atoms with E-state index >= 15 is 0 Å². The molecule has 2 heteroatoms. The number of hydrogen-bond donors (Lipinski definition) is 0. The number of rotatable bonds is 8. The molecule has 10 aromatic carbocycles. The minimum absolute atomic E-state index is 0.551. The molecule has 12 rings (SSSR count).